The quantitative estimate of drug-likeness (QED) is 0.422. The van der Waals surface area contributed by atoms with Crippen LogP contribution in [0.1, 0.15) is 11.1 Å². The van der Waals surface area contributed by atoms with Crippen LogP contribution in [0, 0.1) is 13.8 Å². The van der Waals surface area contributed by atoms with E-state index >= 15 is 0 Å². The second-order valence-corrected chi connectivity index (χ2v) is 5.58. The first-order chi connectivity index (χ1) is 10.2. The van der Waals surface area contributed by atoms with Gasteiger partial charge in [-0.25, -0.2) is 0 Å². The van der Waals surface area contributed by atoms with Crippen LogP contribution in [-0.2, 0) is 0 Å². The molecule has 0 spiro atoms. The minimum absolute atomic E-state index is 0.948. The van der Waals surface area contributed by atoms with Crippen molar-refractivity contribution in [1.82, 2.24) is 0 Å². The first kappa shape index (κ1) is 12.2. The lowest BCUT2D eigenvalue weighted by Gasteiger charge is -2.07. The highest BCUT2D eigenvalue weighted by atomic mass is 16.3. The van der Waals surface area contributed by atoms with Crippen molar-refractivity contribution >= 4 is 21.9 Å². The van der Waals surface area contributed by atoms with E-state index in [1.54, 1.807) is 0 Å². The van der Waals surface area contributed by atoms with Gasteiger partial charge in [0.2, 0.25) is 0 Å². The first-order valence-corrected chi connectivity index (χ1v) is 7.22. The Labute approximate surface area is 123 Å². The van der Waals surface area contributed by atoms with E-state index in [1.807, 2.05) is 18.2 Å². The fraction of sp³-hybridized carbons (Fsp3) is 0.100. The van der Waals surface area contributed by atoms with Gasteiger partial charge in [-0.1, -0.05) is 48.5 Å². The predicted molar refractivity (Wildman–Crippen MR) is 88.6 cm³/mol. The van der Waals surface area contributed by atoms with Gasteiger partial charge in [0.25, 0.3) is 0 Å². The number of aryl methyl sites for hydroxylation is 2. The van der Waals surface area contributed by atoms with Crippen LogP contribution in [0.3, 0.4) is 0 Å². The molecule has 0 bridgehead atoms. The number of furan rings is 1. The lowest BCUT2D eigenvalue weighted by molar-refractivity contribution is 0.669. The van der Waals surface area contributed by atoms with Crippen LogP contribution < -0.4 is 0 Å². The maximum Gasteiger partial charge on any atom is 0.136 e. The fourth-order valence-corrected chi connectivity index (χ4v) is 2.92. The summed E-state index contributed by atoms with van der Waals surface area (Å²) in [4.78, 5) is 0. The number of rotatable bonds is 1. The van der Waals surface area contributed by atoms with Crippen molar-refractivity contribution in [1.29, 1.82) is 0 Å². The number of fused-ring (bicyclic) bond motifs is 3. The Morgan fingerprint density at radius 1 is 0.714 bits per heavy atom. The molecule has 3 aromatic carbocycles. The molecule has 0 radical (unpaired) electrons. The van der Waals surface area contributed by atoms with E-state index in [4.69, 9.17) is 4.42 Å². The van der Waals surface area contributed by atoms with E-state index in [1.165, 1.54) is 33.0 Å². The molecule has 1 heterocycles. The summed E-state index contributed by atoms with van der Waals surface area (Å²) < 4.78 is 5.97. The van der Waals surface area contributed by atoms with Crippen LogP contribution in [0.25, 0.3) is 33.1 Å². The second kappa shape index (κ2) is 4.49. The average molecular weight is 272 g/mol. The summed E-state index contributed by atoms with van der Waals surface area (Å²) in [5.74, 6) is 0. The Balaban J connectivity index is 2.10. The van der Waals surface area contributed by atoms with Gasteiger partial charge in [0, 0.05) is 10.8 Å². The second-order valence-electron chi connectivity index (χ2n) is 5.58. The van der Waals surface area contributed by atoms with E-state index in [0.29, 0.717) is 0 Å². The van der Waals surface area contributed by atoms with Crippen LogP contribution >= 0.6 is 0 Å². The van der Waals surface area contributed by atoms with Crippen molar-refractivity contribution in [2.24, 2.45) is 0 Å². The van der Waals surface area contributed by atoms with Crippen LogP contribution in [0.15, 0.2) is 65.1 Å². The molecular weight excluding hydrogens is 256 g/mol. The molecule has 102 valence electrons. The molecule has 21 heavy (non-hydrogen) atoms. The third kappa shape index (κ3) is 1.85. The number of benzene rings is 3. The zero-order valence-electron chi connectivity index (χ0n) is 12.2. The molecule has 0 aliphatic carbocycles. The Bertz CT molecular complexity index is 960. The van der Waals surface area contributed by atoms with Crippen molar-refractivity contribution in [3.63, 3.8) is 0 Å². The van der Waals surface area contributed by atoms with Gasteiger partial charge < -0.3 is 4.42 Å². The number of hydrogen-bond acceptors (Lipinski definition) is 1. The molecular formula is C20H16O. The van der Waals surface area contributed by atoms with Gasteiger partial charge in [-0.15, -0.1) is 0 Å². The monoisotopic (exact) mass is 272 g/mol. The van der Waals surface area contributed by atoms with E-state index in [9.17, 15) is 0 Å². The van der Waals surface area contributed by atoms with E-state index in [2.05, 4.69) is 56.3 Å². The zero-order valence-corrected chi connectivity index (χ0v) is 12.2. The highest BCUT2D eigenvalue weighted by Crippen LogP contribution is 2.36. The molecule has 0 amide bonds. The summed E-state index contributed by atoms with van der Waals surface area (Å²) >= 11 is 0. The van der Waals surface area contributed by atoms with Gasteiger partial charge in [0.1, 0.15) is 11.2 Å². The predicted octanol–water partition coefficient (Wildman–Crippen LogP) is 5.87. The Hall–Kier alpha value is -2.54. The van der Waals surface area contributed by atoms with Crippen molar-refractivity contribution in [3.05, 3.63) is 71.8 Å². The van der Waals surface area contributed by atoms with Gasteiger partial charge in [-0.3, -0.25) is 0 Å². The third-order valence-electron chi connectivity index (χ3n) is 4.22. The lowest BCUT2D eigenvalue weighted by Crippen LogP contribution is -1.84. The summed E-state index contributed by atoms with van der Waals surface area (Å²) in [5, 5.41) is 2.39. The fourth-order valence-electron chi connectivity index (χ4n) is 2.92. The summed E-state index contributed by atoms with van der Waals surface area (Å²) in [6.07, 6.45) is 0. The van der Waals surface area contributed by atoms with E-state index in [0.717, 1.165) is 11.2 Å². The van der Waals surface area contributed by atoms with Crippen LogP contribution in [-0.4, -0.2) is 0 Å². The van der Waals surface area contributed by atoms with Gasteiger partial charge in [-0.2, -0.15) is 0 Å². The van der Waals surface area contributed by atoms with Crippen LogP contribution in [0.2, 0.25) is 0 Å². The smallest absolute Gasteiger partial charge is 0.136 e. The van der Waals surface area contributed by atoms with E-state index in [-0.39, 0.29) is 0 Å². The standard InChI is InChI=1S/C20H16O/c1-13-10-11-15(12-14(13)2)16-7-5-9-19-20(16)17-6-3-4-8-18(17)21-19/h3-12H,1-2H3. The Kier molecular flexibility index (Phi) is 2.61. The molecule has 0 aliphatic rings. The highest BCUT2D eigenvalue weighted by molar-refractivity contribution is 6.12. The van der Waals surface area contributed by atoms with Crippen LogP contribution in [0.4, 0.5) is 0 Å². The summed E-state index contributed by atoms with van der Waals surface area (Å²) in [6, 6.07) is 21.2. The lowest BCUT2D eigenvalue weighted by atomic mass is 9.96. The van der Waals surface area contributed by atoms with Crippen molar-refractivity contribution < 1.29 is 4.42 Å². The largest absolute Gasteiger partial charge is 0.456 e. The number of para-hydroxylation sites is 1. The minimum Gasteiger partial charge on any atom is -0.456 e. The first-order valence-electron chi connectivity index (χ1n) is 7.22. The molecule has 0 unspecified atom stereocenters. The minimum atomic E-state index is 0.948. The van der Waals surface area contributed by atoms with Crippen LogP contribution in [0.5, 0.6) is 0 Å². The van der Waals surface area contributed by atoms with Gasteiger partial charge in [-0.05, 0) is 48.2 Å². The highest BCUT2D eigenvalue weighted by Gasteiger charge is 2.11. The maximum absolute atomic E-state index is 5.97. The summed E-state index contributed by atoms with van der Waals surface area (Å²) in [6.45, 7) is 4.30. The van der Waals surface area contributed by atoms with Gasteiger partial charge >= 0.3 is 0 Å². The molecule has 0 fully saturated rings. The molecule has 0 aliphatic heterocycles. The zero-order chi connectivity index (χ0) is 14.4. The van der Waals surface area contributed by atoms with E-state index < -0.39 is 0 Å². The Morgan fingerprint density at radius 3 is 2.38 bits per heavy atom. The topological polar surface area (TPSA) is 13.1 Å². The third-order valence-corrected chi connectivity index (χ3v) is 4.22. The molecule has 0 saturated carbocycles. The SMILES string of the molecule is Cc1ccc(-c2cccc3oc4ccccc4c23)cc1C. The average Bonchev–Trinajstić information content (AvgIpc) is 2.88. The molecule has 1 nitrogen and oxygen atoms in total. The molecule has 0 saturated heterocycles. The normalized spacial score (nSPS) is 11.3. The van der Waals surface area contributed by atoms with Gasteiger partial charge in [0.05, 0.1) is 0 Å². The molecule has 1 aromatic heterocycles. The molecule has 0 N–H and O–H groups in total. The summed E-state index contributed by atoms with van der Waals surface area (Å²) in [7, 11) is 0. The van der Waals surface area contributed by atoms with Crippen molar-refractivity contribution in [3.8, 4) is 11.1 Å². The maximum atomic E-state index is 5.97. The Morgan fingerprint density at radius 2 is 1.52 bits per heavy atom. The molecule has 4 rings (SSSR count). The molecule has 4 aromatic rings. The summed E-state index contributed by atoms with van der Waals surface area (Å²) in [5.41, 5.74) is 7.02. The molecule has 1 heteroatoms. The van der Waals surface area contributed by atoms with Gasteiger partial charge in [0.15, 0.2) is 0 Å². The van der Waals surface area contributed by atoms with Crippen molar-refractivity contribution in [2.75, 3.05) is 0 Å². The van der Waals surface area contributed by atoms with Crippen molar-refractivity contribution in [2.45, 2.75) is 13.8 Å². The molecule has 0 atom stereocenters. The number of hydrogen-bond donors (Lipinski definition) is 0.